The summed E-state index contributed by atoms with van der Waals surface area (Å²) in [6, 6.07) is 1.18. The minimum atomic E-state index is -1.20. The molecule has 2 unspecified atom stereocenters. The highest BCUT2D eigenvalue weighted by Gasteiger charge is 2.58. The molecule has 1 saturated heterocycles. The van der Waals surface area contributed by atoms with Gasteiger partial charge in [0.15, 0.2) is 6.17 Å². The van der Waals surface area contributed by atoms with Gasteiger partial charge in [0.25, 0.3) is 5.91 Å². The number of carbonyl (C=O) groups excluding carboxylic acids is 2. The number of rotatable bonds is 4. The summed E-state index contributed by atoms with van der Waals surface area (Å²) in [5.41, 5.74) is -0.791. The molecule has 2 aliphatic heterocycles. The molecule has 0 spiro atoms. The van der Waals surface area contributed by atoms with E-state index in [1.807, 2.05) is 6.92 Å². The third-order valence-corrected chi connectivity index (χ3v) is 3.59. The van der Waals surface area contributed by atoms with Gasteiger partial charge in [-0.05, 0) is 6.42 Å². The lowest BCUT2D eigenvalue weighted by molar-refractivity contribution is -0.138. The van der Waals surface area contributed by atoms with E-state index in [0.29, 0.717) is 12.2 Å². The quantitative estimate of drug-likeness (QED) is 0.817. The van der Waals surface area contributed by atoms with Gasteiger partial charge in [-0.15, -0.1) is 0 Å². The van der Waals surface area contributed by atoms with Crippen LogP contribution in [0.4, 0.5) is 4.79 Å². The number of hydrogen-bond donors (Lipinski definition) is 2. The Hall–Kier alpha value is -2.38. The van der Waals surface area contributed by atoms with Crippen molar-refractivity contribution >= 4 is 18.3 Å². The Morgan fingerprint density at radius 2 is 2.35 bits per heavy atom. The number of urea groups is 1. The number of amides is 3. The number of imide groups is 1. The molecule has 0 aromatic carbocycles. The van der Waals surface area contributed by atoms with Gasteiger partial charge in [-0.3, -0.25) is 9.69 Å². The van der Waals surface area contributed by atoms with Crippen molar-refractivity contribution in [2.24, 2.45) is 4.99 Å². The third-order valence-electron chi connectivity index (χ3n) is 3.59. The zero-order valence-corrected chi connectivity index (χ0v) is 11.0. The number of fused-ring (bicyclic) bond motifs is 1. The zero-order valence-electron chi connectivity index (χ0n) is 11.0. The van der Waals surface area contributed by atoms with Crippen LogP contribution in [0.25, 0.3) is 0 Å². The first-order chi connectivity index (χ1) is 9.70. The molecule has 3 amide bonds. The van der Waals surface area contributed by atoms with E-state index in [2.05, 4.69) is 20.8 Å². The van der Waals surface area contributed by atoms with Gasteiger partial charge in [-0.2, -0.15) is 0 Å². The lowest BCUT2D eigenvalue weighted by Gasteiger charge is -2.40. The summed E-state index contributed by atoms with van der Waals surface area (Å²) in [6.45, 7) is 2.37. The van der Waals surface area contributed by atoms with Crippen molar-refractivity contribution in [1.82, 2.24) is 20.7 Å². The first-order valence-electron chi connectivity index (χ1n) is 6.53. The molecule has 1 fully saturated rings. The van der Waals surface area contributed by atoms with Crippen LogP contribution in [0.5, 0.6) is 0 Å². The van der Waals surface area contributed by atoms with Crippen molar-refractivity contribution in [3.63, 3.8) is 0 Å². The van der Waals surface area contributed by atoms with Crippen LogP contribution in [-0.2, 0) is 10.3 Å². The predicted molar refractivity (Wildman–Crippen MR) is 68.7 cm³/mol. The van der Waals surface area contributed by atoms with E-state index in [9.17, 15) is 9.59 Å². The van der Waals surface area contributed by atoms with Crippen LogP contribution in [0.3, 0.4) is 0 Å². The highest BCUT2D eigenvalue weighted by molar-refractivity contribution is 6.05. The van der Waals surface area contributed by atoms with Gasteiger partial charge in [0, 0.05) is 12.6 Å². The second kappa shape index (κ2) is 4.62. The van der Waals surface area contributed by atoms with Crippen molar-refractivity contribution in [2.75, 3.05) is 6.54 Å². The predicted octanol–water partition coefficient (Wildman–Crippen LogP) is 0.179. The van der Waals surface area contributed by atoms with Crippen LogP contribution in [-0.4, -0.2) is 41.0 Å². The average Bonchev–Trinajstić information content (AvgIpc) is 3.07. The monoisotopic (exact) mass is 277 g/mol. The molecule has 3 rings (SSSR count). The van der Waals surface area contributed by atoms with Gasteiger partial charge in [0.2, 0.25) is 5.54 Å². The number of aromatic nitrogens is 1. The van der Waals surface area contributed by atoms with Crippen LogP contribution >= 0.6 is 0 Å². The van der Waals surface area contributed by atoms with Crippen LogP contribution in [0.1, 0.15) is 25.5 Å². The van der Waals surface area contributed by atoms with Gasteiger partial charge in [-0.25, -0.2) is 9.79 Å². The van der Waals surface area contributed by atoms with Crippen molar-refractivity contribution in [2.45, 2.75) is 31.5 Å². The normalized spacial score (nSPS) is 28.2. The molecule has 20 heavy (non-hydrogen) atoms. The van der Waals surface area contributed by atoms with Crippen LogP contribution in [0, 0.1) is 0 Å². The second-order valence-electron chi connectivity index (χ2n) is 4.78. The Balaban J connectivity index is 1.98. The molecule has 8 nitrogen and oxygen atoms in total. The molecule has 0 radical (unpaired) electrons. The highest BCUT2D eigenvalue weighted by atomic mass is 16.5. The van der Waals surface area contributed by atoms with Gasteiger partial charge in [-0.1, -0.05) is 18.5 Å². The summed E-state index contributed by atoms with van der Waals surface area (Å²) in [5.74, 6) is -0.355. The number of unbranched alkanes of at least 4 members (excludes halogenated alkanes) is 1. The SMILES string of the molecule is CCCCN1C(=O)NC2N=CNC2(c2ccon2)C1=O. The maximum absolute atomic E-state index is 12.8. The van der Waals surface area contributed by atoms with E-state index in [1.54, 1.807) is 6.07 Å². The molecule has 106 valence electrons. The standard InChI is InChI=1S/C12H15N5O3/c1-2-3-5-17-10(18)12(8-4-6-20-16-8)9(13-7-14-12)15-11(17)19/h4,6-7,9H,2-3,5H2,1H3,(H,13,14)(H,15,19). The Kier molecular flexibility index (Phi) is 2.92. The summed E-state index contributed by atoms with van der Waals surface area (Å²) in [5, 5.41) is 9.50. The number of aliphatic imine (C=N–C) groups is 1. The topological polar surface area (TPSA) is 99.8 Å². The molecule has 2 atom stereocenters. The molecule has 1 aromatic heterocycles. The Morgan fingerprint density at radius 1 is 1.50 bits per heavy atom. The summed E-state index contributed by atoms with van der Waals surface area (Å²) in [6.07, 6.45) is 3.74. The van der Waals surface area contributed by atoms with E-state index in [1.165, 1.54) is 17.5 Å². The van der Waals surface area contributed by atoms with Crippen LogP contribution < -0.4 is 10.6 Å². The third kappa shape index (κ3) is 1.60. The fraction of sp³-hybridized carbons (Fsp3) is 0.500. The average molecular weight is 277 g/mol. The van der Waals surface area contributed by atoms with Crippen molar-refractivity contribution in [1.29, 1.82) is 0 Å². The van der Waals surface area contributed by atoms with Gasteiger partial charge in [0.1, 0.15) is 12.0 Å². The Morgan fingerprint density at radius 3 is 3.05 bits per heavy atom. The first kappa shape index (κ1) is 12.6. The van der Waals surface area contributed by atoms with Gasteiger partial charge in [0.05, 0.1) is 6.34 Å². The number of hydrogen-bond acceptors (Lipinski definition) is 6. The zero-order chi connectivity index (χ0) is 14.2. The maximum Gasteiger partial charge on any atom is 0.325 e. The minimum absolute atomic E-state index is 0.355. The fourth-order valence-corrected chi connectivity index (χ4v) is 2.49. The van der Waals surface area contributed by atoms with Gasteiger partial charge < -0.3 is 15.2 Å². The molecule has 0 saturated carbocycles. The minimum Gasteiger partial charge on any atom is -0.364 e. The fourth-order valence-electron chi connectivity index (χ4n) is 2.49. The van der Waals surface area contributed by atoms with Crippen LogP contribution in [0.2, 0.25) is 0 Å². The van der Waals surface area contributed by atoms with Crippen molar-refractivity contribution in [3.8, 4) is 0 Å². The lowest BCUT2D eigenvalue weighted by atomic mass is 9.89. The van der Waals surface area contributed by atoms with E-state index >= 15 is 0 Å². The molecular formula is C12H15N5O3. The largest absolute Gasteiger partial charge is 0.364 e. The molecule has 3 heterocycles. The smallest absolute Gasteiger partial charge is 0.325 e. The number of nitrogens with one attached hydrogen (secondary N) is 2. The highest BCUT2D eigenvalue weighted by Crippen LogP contribution is 2.33. The summed E-state index contributed by atoms with van der Waals surface area (Å²) in [7, 11) is 0. The molecule has 8 heteroatoms. The summed E-state index contributed by atoms with van der Waals surface area (Å²) in [4.78, 5) is 30.1. The Bertz CT molecular complexity index is 555. The molecule has 0 aliphatic carbocycles. The van der Waals surface area contributed by atoms with E-state index in [4.69, 9.17) is 4.52 Å². The Labute approximate surface area is 115 Å². The first-order valence-corrected chi connectivity index (χ1v) is 6.53. The molecule has 1 aromatic rings. The lowest BCUT2D eigenvalue weighted by Crippen LogP contribution is -2.70. The van der Waals surface area contributed by atoms with Crippen LogP contribution in [0.15, 0.2) is 21.8 Å². The molecule has 0 bridgehead atoms. The van der Waals surface area contributed by atoms with E-state index in [-0.39, 0.29) is 5.91 Å². The van der Waals surface area contributed by atoms with Crippen molar-refractivity contribution < 1.29 is 14.1 Å². The summed E-state index contributed by atoms with van der Waals surface area (Å²) >= 11 is 0. The maximum atomic E-state index is 12.8. The summed E-state index contributed by atoms with van der Waals surface area (Å²) < 4.78 is 4.83. The number of nitrogens with zero attached hydrogens (tertiary/aromatic N) is 3. The van der Waals surface area contributed by atoms with E-state index < -0.39 is 17.7 Å². The number of carbonyl (C=O) groups is 2. The van der Waals surface area contributed by atoms with Gasteiger partial charge >= 0.3 is 6.03 Å². The molecule has 2 aliphatic rings. The molecular weight excluding hydrogens is 262 g/mol. The molecule has 2 N–H and O–H groups in total. The van der Waals surface area contributed by atoms with E-state index in [0.717, 1.165) is 12.8 Å². The van der Waals surface area contributed by atoms with Crippen molar-refractivity contribution in [3.05, 3.63) is 18.0 Å². The second-order valence-corrected chi connectivity index (χ2v) is 4.78.